The van der Waals surface area contributed by atoms with Crippen LogP contribution in [0.2, 0.25) is 13.1 Å². The van der Waals surface area contributed by atoms with Gasteiger partial charge in [0.15, 0.2) is 0 Å². The van der Waals surface area contributed by atoms with E-state index in [9.17, 15) is 0 Å². The first-order valence-corrected chi connectivity index (χ1v) is 10.2. The summed E-state index contributed by atoms with van der Waals surface area (Å²) in [6.45, 7) is 4.77. The van der Waals surface area contributed by atoms with E-state index in [4.69, 9.17) is 0 Å². The van der Waals surface area contributed by atoms with Crippen LogP contribution in [0.5, 0.6) is 0 Å². The van der Waals surface area contributed by atoms with Gasteiger partial charge in [-0.2, -0.15) is 0 Å². The summed E-state index contributed by atoms with van der Waals surface area (Å²) in [5, 5.41) is 1.56. The Morgan fingerprint density at radius 1 is 1.10 bits per heavy atom. The fourth-order valence-corrected chi connectivity index (χ4v) is 3.13. The summed E-state index contributed by atoms with van der Waals surface area (Å²) in [5.74, 6) is 0. The van der Waals surface area contributed by atoms with E-state index >= 15 is 0 Å². The SMILES string of the molecule is C[Si](C)([TeH])c1ccccc1. The third-order valence-electron chi connectivity index (χ3n) is 1.48. The van der Waals surface area contributed by atoms with Gasteiger partial charge in [-0.3, -0.25) is 0 Å². The molecule has 1 aromatic rings. The molecule has 0 atom stereocenters. The Labute approximate surface area is 75.7 Å². The Morgan fingerprint density at radius 3 is 1.90 bits per heavy atom. The third-order valence-corrected chi connectivity index (χ3v) is 5.44. The predicted octanol–water partition coefficient (Wildman–Crippen LogP) is 0.999. The molecule has 0 bridgehead atoms. The average molecular weight is 264 g/mol. The monoisotopic (exact) mass is 266 g/mol. The number of hydrogen-bond donors (Lipinski definition) is 0. The summed E-state index contributed by atoms with van der Waals surface area (Å²) in [5.41, 5.74) is -0.983. The van der Waals surface area contributed by atoms with Gasteiger partial charge in [0, 0.05) is 0 Å². The Hall–Kier alpha value is 0.226. The quantitative estimate of drug-likeness (QED) is 0.664. The molecular weight excluding hydrogens is 252 g/mol. The van der Waals surface area contributed by atoms with Crippen molar-refractivity contribution in [3.63, 3.8) is 0 Å². The van der Waals surface area contributed by atoms with Gasteiger partial charge in [-0.25, -0.2) is 0 Å². The van der Waals surface area contributed by atoms with Crippen LogP contribution in [0.3, 0.4) is 0 Å². The van der Waals surface area contributed by atoms with E-state index < -0.39 is 5.62 Å². The van der Waals surface area contributed by atoms with Crippen molar-refractivity contribution in [3.8, 4) is 0 Å². The van der Waals surface area contributed by atoms with Gasteiger partial charge in [0.05, 0.1) is 0 Å². The summed E-state index contributed by atoms with van der Waals surface area (Å²) in [6.07, 6.45) is 0. The molecular formula is C8H12SiTe. The molecule has 0 spiro atoms. The minimum atomic E-state index is -0.983. The molecule has 10 heavy (non-hydrogen) atoms. The van der Waals surface area contributed by atoms with Crippen molar-refractivity contribution in [3.05, 3.63) is 30.3 Å². The van der Waals surface area contributed by atoms with E-state index in [0.29, 0.717) is 0 Å². The van der Waals surface area contributed by atoms with Crippen LogP contribution in [0, 0.1) is 0 Å². The van der Waals surface area contributed by atoms with Gasteiger partial charge >= 0.3 is 75.7 Å². The zero-order valence-electron chi connectivity index (χ0n) is 6.33. The molecule has 0 aliphatic rings. The Kier molecular flexibility index (Phi) is 2.57. The molecule has 0 saturated heterocycles. The fourth-order valence-electron chi connectivity index (χ4n) is 0.846. The van der Waals surface area contributed by atoms with Crippen LogP contribution < -0.4 is 5.19 Å². The maximum absolute atomic E-state index is 2.39. The fraction of sp³-hybridized carbons (Fsp3) is 0.250. The molecule has 0 heterocycles. The second-order valence-electron chi connectivity index (χ2n) is 2.93. The predicted molar refractivity (Wildman–Crippen MR) is 50.7 cm³/mol. The molecule has 1 rings (SSSR count). The van der Waals surface area contributed by atoms with E-state index in [1.54, 1.807) is 5.19 Å². The van der Waals surface area contributed by atoms with Crippen LogP contribution >= 0.6 is 0 Å². The molecule has 54 valence electrons. The number of rotatable bonds is 1. The van der Waals surface area contributed by atoms with Gasteiger partial charge in [0.1, 0.15) is 0 Å². The second kappa shape index (κ2) is 3.09. The van der Waals surface area contributed by atoms with Crippen molar-refractivity contribution < 1.29 is 0 Å². The first-order valence-electron chi connectivity index (χ1n) is 3.38. The van der Waals surface area contributed by atoms with Crippen LogP contribution in [0.15, 0.2) is 30.3 Å². The molecule has 0 radical (unpaired) electrons. The molecule has 1 aromatic carbocycles. The van der Waals surface area contributed by atoms with E-state index in [0.717, 1.165) is 0 Å². The average Bonchev–Trinajstić information content (AvgIpc) is 1.88. The molecule has 0 saturated carbocycles. The molecule has 0 fully saturated rings. The Balaban J connectivity index is 2.97. The summed E-state index contributed by atoms with van der Waals surface area (Å²) in [4.78, 5) is 0. The minimum absolute atomic E-state index is 0.983. The van der Waals surface area contributed by atoms with Crippen LogP contribution in [0.25, 0.3) is 0 Å². The molecule has 0 aliphatic carbocycles. The topological polar surface area (TPSA) is 0 Å². The summed E-state index contributed by atoms with van der Waals surface area (Å²) in [6, 6.07) is 10.8. The van der Waals surface area contributed by atoms with Gasteiger partial charge in [0.25, 0.3) is 0 Å². The molecule has 0 N–H and O–H groups in total. The van der Waals surface area contributed by atoms with Crippen molar-refractivity contribution in [2.45, 2.75) is 13.1 Å². The van der Waals surface area contributed by atoms with Crippen LogP contribution in [-0.2, 0) is 0 Å². The molecule has 0 amide bonds. The van der Waals surface area contributed by atoms with Gasteiger partial charge in [0.2, 0.25) is 0 Å². The van der Waals surface area contributed by atoms with E-state index in [-0.39, 0.29) is 0 Å². The summed E-state index contributed by atoms with van der Waals surface area (Å²) < 4.78 is 0. The van der Waals surface area contributed by atoms with Crippen LogP contribution in [-0.4, -0.2) is 27.1 Å². The summed E-state index contributed by atoms with van der Waals surface area (Å²) in [7, 11) is 0. The molecule has 2 heteroatoms. The zero-order valence-corrected chi connectivity index (χ0v) is 9.89. The second-order valence-corrected chi connectivity index (χ2v) is 16.2. The van der Waals surface area contributed by atoms with Crippen molar-refractivity contribution in [2.75, 3.05) is 0 Å². The Bertz CT molecular complexity index is 200. The van der Waals surface area contributed by atoms with E-state index in [1.165, 1.54) is 0 Å². The number of hydrogen-bond acceptors (Lipinski definition) is 0. The van der Waals surface area contributed by atoms with Gasteiger partial charge in [-0.1, -0.05) is 0 Å². The van der Waals surface area contributed by atoms with Gasteiger partial charge < -0.3 is 0 Å². The van der Waals surface area contributed by atoms with Crippen LogP contribution in [0.4, 0.5) is 0 Å². The van der Waals surface area contributed by atoms with Crippen molar-refractivity contribution in [1.29, 1.82) is 0 Å². The molecule has 0 unspecified atom stereocenters. The number of benzene rings is 1. The first-order chi connectivity index (χ1) is 4.61. The molecule has 0 aromatic heterocycles. The summed E-state index contributed by atoms with van der Waals surface area (Å²) >= 11 is 2.00. The van der Waals surface area contributed by atoms with E-state index in [1.807, 2.05) is 21.5 Å². The maximum atomic E-state index is 2.39. The molecule has 0 aliphatic heterocycles. The zero-order chi connectivity index (χ0) is 7.61. The normalized spacial score (nSPS) is 11.5. The Morgan fingerprint density at radius 2 is 1.60 bits per heavy atom. The first kappa shape index (κ1) is 8.32. The van der Waals surface area contributed by atoms with Gasteiger partial charge in [-0.15, -0.1) is 0 Å². The molecule has 0 nitrogen and oxygen atoms in total. The van der Waals surface area contributed by atoms with Crippen molar-refractivity contribution in [2.24, 2.45) is 0 Å². The van der Waals surface area contributed by atoms with Gasteiger partial charge in [-0.05, 0) is 0 Å². The van der Waals surface area contributed by atoms with Crippen molar-refractivity contribution >= 4 is 32.3 Å². The van der Waals surface area contributed by atoms with E-state index in [2.05, 4.69) is 43.4 Å². The third kappa shape index (κ3) is 2.12. The van der Waals surface area contributed by atoms with Crippen molar-refractivity contribution in [1.82, 2.24) is 0 Å². The standard InChI is InChI=1S/C8H12SiTe/c1-9(2,10)8-6-4-3-5-7-8/h3-7,10H,1-2H3. The van der Waals surface area contributed by atoms with Crippen LogP contribution in [0.1, 0.15) is 0 Å².